The second kappa shape index (κ2) is 6.83. The minimum absolute atomic E-state index is 0.842. The van der Waals surface area contributed by atoms with Gasteiger partial charge in [0.1, 0.15) is 5.82 Å². The molecule has 1 atom stereocenters. The molecule has 2 rings (SSSR count). The van der Waals surface area contributed by atoms with Gasteiger partial charge in [-0.25, -0.2) is 4.98 Å². The summed E-state index contributed by atoms with van der Waals surface area (Å²) >= 11 is 0. The molecule has 1 heterocycles. The lowest BCUT2D eigenvalue weighted by Crippen LogP contribution is -2.14. The van der Waals surface area contributed by atoms with Crippen LogP contribution in [0.5, 0.6) is 0 Å². The van der Waals surface area contributed by atoms with Crippen molar-refractivity contribution in [3.8, 4) is 0 Å². The number of nitrogens with zero attached hydrogens (tertiary/aromatic N) is 1. The second-order valence-electron chi connectivity index (χ2n) is 5.63. The van der Waals surface area contributed by atoms with Gasteiger partial charge in [-0.3, -0.25) is 0 Å². The summed E-state index contributed by atoms with van der Waals surface area (Å²) < 4.78 is 0. The van der Waals surface area contributed by atoms with E-state index in [1.54, 1.807) is 0 Å². The van der Waals surface area contributed by atoms with Crippen LogP contribution in [0.4, 0.5) is 0 Å². The van der Waals surface area contributed by atoms with Crippen molar-refractivity contribution in [1.82, 2.24) is 9.97 Å². The molecule has 96 valence electrons. The van der Waals surface area contributed by atoms with Gasteiger partial charge in [-0.05, 0) is 18.3 Å². The molecule has 0 spiro atoms. The molecular formula is C15H26N2. The van der Waals surface area contributed by atoms with Crippen LogP contribution in [0.1, 0.15) is 64.1 Å². The van der Waals surface area contributed by atoms with Crippen LogP contribution in [0.2, 0.25) is 0 Å². The fraction of sp³-hybridized carbons (Fsp3) is 0.800. The first kappa shape index (κ1) is 12.7. The highest BCUT2D eigenvalue weighted by Crippen LogP contribution is 2.31. The Bertz CT molecular complexity index is 286. The quantitative estimate of drug-likeness (QED) is 0.779. The third-order valence-corrected chi connectivity index (χ3v) is 4.13. The summed E-state index contributed by atoms with van der Waals surface area (Å²) in [7, 11) is 0. The zero-order valence-corrected chi connectivity index (χ0v) is 11.1. The average Bonchev–Trinajstić information content (AvgIpc) is 2.83. The Morgan fingerprint density at radius 1 is 1.35 bits per heavy atom. The summed E-state index contributed by atoms with van der Waals surface area (Å²) in [4.78, 5) is 7.63. The maximum Gasteiger partial charge on any atom is 0.106 e. The lowest BCUT2D eigenvalue weighted by Gasteiger charge is -2.26. The van der Waals surface area contributed by atoms with Gasteiger partial charge in [-0.15, -0.1) is 0 Å². The fourth-order valence-corrected chi connectivity index (χ4v) is 3.29. The maximum absolute atomic E-state index is 4.38. The Morgan fingerprint density at radius 2 is 2.18 bits per heavy atom. The lowest BCUT2D eigenvalue weighted by molar-refractivity contribution is 0.275. The van der Waals surface area contributed by atoms with Crippen molar-refractivity contribution in [2.45, 2.75) is 64.7 Å². The molecule has 1 aliphatic carbocycles. The summed E-state index contributed by atoms with van der Waals surface area (Å²) in [6.45, 7) is 2.30. The number of aromatic amines is 1. The Balaban J connectivity index is 1.83. The molecule has 2 nitrogen and oxygen atoms in total. The summed E-state index contributed by atoms with van der Waals surface area (Å²) in [6.07, 6.45) is 16.4. The van der Waals surface area contributed by atoms with E-state index in [9.17, 15) is 0 Å². The van der Waals surface area contributed by atoms with Crippen molar-refractivity contribution in [2.75, 3.05) is 0 Å². The number of hydrogen-bond acceptors (Lipinski definition) is 1. The molecule has 1 aromatic heterocycles. The smallest absolute Gasteiger partial charge is 0.106 e. The Morgan fingerprint density at radius 3 is 2.82 bits per heavy atom. The molecule has 2 heteroatoms. The number of imidazole rings is 1. The van der Waals surface area contributed by atoms with E-state index < -0.39 is 0 Å². The van der Waals surface area contributed by atoms with Crippen molar-refractivity contribution >= 4 is 0 Å². The molecule has 1 aliphatic rings. The highest BCUT2D eigenvalue weighted by atomic mass is 14.9. The molecule has 0 aliphatic heterocycles. The molecule has 1 aromatic rings. The van der Waals surface area contributed by atoms with Gasteiger partial charge >= 0.3 is 0 Å². The zero-order chi connectivity index (χ0) is 11.9. The molecule has 0 aromatic carbocycles. The zero-order valence-electron chi connectivity index (χ0n) is 11.1. The molecule has 17 heavy (non-hydrogen) atoms. The Labute approximate surface area is 105 Å². The topological polar surface area (TPSA) is 28.7 Å². The fourth-order valence-electron chi connectivity index (χ4n) is 3.29. The molecule has 1 saturated carbocycles. The normalized spacial score (nSPS) is 19.4. The largest absolute Gasteiger partial charge is 0.349 e. The minimum Gasteiger partial charge on any atom is -0.349 e. The molecule has 0 amide bonds. The van der Waals surface area contributed by atoms with Crippen molar-refractivity contribution in [2.24, 2.45) is 11.8 Å². The van der Waals surface area contributed by atoms with Gasteiger partial charge in [0, 0.05) is 18.8 Å². The van der Waals surface area contributed by atoms with Gasteiger partial charge in [0.05, 0.1) is 0 Å². The summed E-state index contributed by atoms with van der Waals surface area (Å²) in [5, 5.41) is 0. The molecule has 0 bridgehead atoms. The van der Waals surface area contributed by atoms with E-state index in [2.05, 4.69) is 16.9 Å². The van der Waals surface area contributed by atoms with E-state index in [0.717, 1.165) is 18.3 Å². The summed E-state index contributed by atoms with van der Waals surface area (Å²) in [6, 6.07) is 0. The van der Waals surface area contributed by atoms with E-state index in [1.165, 1.54) is 57.2 Å². The van der Waals surface area contributed by atoms with E-state index in [-0.39, 0.29) is 0 Å². The third-order valence-electron chi connectivity index (χ3n) is 4.13. The van der Waals surface area contributed by atoms with Crippen molar-refractivity contribution in [3.05, 3.63) is 18.2 Å². The summed E-state index contributed by atoms with van der Waals surface area (Å²) in [5.74, 6) is 3.02. The van der Waals surface area contributed by atoms with Gasteiger partial charge in [-0.2, -0.15) is 0 Å². The average molecular weight is 234 g/mol. The van der Waals surface area contributed by atoms with E-state index in [0.29, 0.717) is 0 Å². The van der Waals surface area contributed by atoms with Crippen LogP contribution in [0, 0.1) is 11.8 Å². The number of H-pyrrole nitrogens is 1. The molecule has 1 N–H and O–H groups in total. The summed E-state index contributed by atoms with van der Waals surface area (Å²) in [5.41, 5.74) is 0. The molecule has 1 fully saturated rings. The van der Waals surface area contributed by atoms with Gasteiger partial charge < -0.3 is 4.98 Å². The number of nitrogens with one attached hydrogen (secondary N) is 1. The molecule has 1 unspecified atom stereocenters. The first-order chi connectivity index (χ1) is 8.38. The predicted octanol–water partition coefficient (Wildman–Crippen LogP) is 4.34. The van der Waals surface area contributed by atoms with Crippen molar-refractivity contribution < 1.29 is 0 Å². The van der Waals surface area contributed by atoms with Crippen LogP contribution in [0.15, 0.2) is 12.4 Å². The minimum atomic E-state index is 0.842. The standard InChI is InChI=1S/C15H26N2/c1-2-6-14(12-15-16-9-10-17-15)11-13-7-4-3-5-8-13/h9-10,13-14H,2-8,11-12H2,1H3,(H,16,17). The first-order valence-corrected chi connectivity index (χ1v) is 7.36. The van der Waals surface area contributed by atoms with E-state index >= 15 is 0 Å². The van der Waals surface area contributed by atoms with Gasteiger partial charge in [-0.1, -0.05) is 51.9 Å². The van der Waals surface area contributed by atoms with Crippen LogP contribution in [0.3, 0.4) is 0 Å². The molecular weight excluding hydrogens is 208 g/mol. The predicted molar refractivity (Wildman–Crippen MR) is 71.9 cm³/mol. The third kappa shape index (κ3) is 4.18. The van der Waals surface area contributed by atoms with Crippen LogP contribution in [-0.4, -0.2) is 9.97 Å². The van der Waals surface area contributed by atoms with Crippen LogP contribution in [0.25, 0.3) is 0 Å². The highest BCUT2D eigenvalue weighted by Gasteiger charge is 2.19. The van der Waals surface area contributed by atoms with Gasteiger partial charge in [0.2, 0.25) is 0 Å². The maximum atomic E-state index is 4.38. The Hall–Kier alpha value is -0.790. The van der Waals surface area contributed by atoms with Crippen LogP contribution in [-0.2, 0) is 6.42 Å². The Kier molecular flexibility index (Phi) is 5.08. The van der Waals surface area contributed by atoms with Crippen LogP contribution >= 0.6 is 0 Å². The van der Waals surface area contributed by atoms with Gasteiger partial charge in [0.25, 0.3) is 0 Å². The number of hydrogen-bond donors (Lipinski definition) is 1. The number of rotatable bonds is 6. The van der Waals surface area contributed by atoms with Crippen LogP contribution < -0.4 is 0 Å². The lowest BCUT2D eigenvalue weighted by atomic mass is 9.80. The van der Waals surface area contributed by atoms with Gasteiger partial charge in [0.15, 0.2) is 0 Å². The highest BCUT2D eigenvalue weighted by molar-refractivity contribution is 4.89. The monoisotopic (exact) mass is 234 g/mol. The van der Waals surface area contributed by atoms with E-state index in [1.807, 2.05) is 12.4 Å². The van der Waals surface area contributed by atoms with E-state index in [4.69, 9.17) is 0 Å². The molecule has 0 saturated heterocycles. The molecule has 0 radical (unpaired) electrons. The van der Waals surface area contributed by atoms with Crippen molar-refractivity contribution in [1.29, 1.82) is 0 Å². The van der Waals surface area contributed by atoms with Crippen molar-refractivity contribution in [3.63, 3.8) is 0 Å². The SMILES string of the molecule is CCCC(Cc1ncc[nH]1)CC1CCCCC1. The number of aromatic nitrogens is 2. The first-order valence-electron chi connectivity index (χ1n) is 7.36. The second-order valence-corrected chi connectivity index (χ2v) is 5.63.